The van der Waals surface area contributed by atoms with Crippen LogP contribution in [0.1, 0.15) is 55.8 Å². The highest BCUT2D eigenvalue weighted by Crippen LogP contribution is 2.25. The lowest BCUT2D eigenvalue weighted by Crippen LogP contribution is -2.57. The van der Waals surface area contributed by atoms with Gasteiger partial charge in [0.1, 0.15) is 29.7 Å². The molecule has 4 amide bonds. The Bertz CT molecular complexity index is 1170. The SMILES string of the molecule is CC(=O)CNC(=O)[C@@H]1CCOc2ccc([N+](=O)[O-])cc2C(=O)N[C@@H](CCC(=O)O)C(=O)N[C@@H](CCCCN)C(=O)N1. The lowest BCUT2D eigenvalue weighted by Gasteiger charge is -2.26. The van der Waals surface area contributed by atoms with Crippen LogP contribution in [0.3, 0.4) is 0 Å². The largest absolute Gasteiger partial charge is 0.493 e. The van der Waals surface area contributed by atoms with Gasteiger partial charge in [-0.2, -0.15) is 0 Å². The molecule has 16 nitrogen and oxygen atoms in total. The monoisotopic (exact) mass is 578 g/mol. The highest BCUT2D eigenvalue weighted by Gasteiger charge is 2.31. The number of aliphatic carboxylic acids is 1. The van der Waals surface area contributed by atoms with Crippen LogP contribution in [0.15, 0.2) is 18.2 Å². The molecule has 0 bridgehead atoms. The summed E-state index contributed by atoms with van der Waals surface area (Å²) in [6, 6.07) is -0.628. The Morgan fingerprint density at radius 3 is 2.41 bits per heavy atom. The van der Waals surface area contributed by atoms with Crippen molar-refractivity contribution in [3.8, 4) is 5.75 Å². The lowest BCUT2D eigenvalue weighted by atomic mass is 10.0. The highest BCUT2D eigenvalue weighted by atomic mass is 16.6. The summed E-state index contributed by atoms with van der Waals surface area (Å²) in [6.07, 6.45) is 0.0530. The predicted octanol–water partition coefficient (Wildman–Crippen LogP) is -0.856. The highest BCUT2D eigenvalue weighted by molar-refractivity contribution is 6.01. The van der Waals surface area contributed by atoms with E-state index in [0.29, 0.717) is 19.4 Å². The lowest BCUT2D eigenvalue weighted by molar-refractivity contribution is -0.384. The molecular formula is C25H34N6O10. The van der Waals surface area contributed by atoms with Crippen molar-refractivity contribution in [3.05, 3.63) is 33.9 Å². The maximum absolute atomic E-state index is 13.2. The van der Waals surface area contributed by atoms with Crippen molar-refractivity contribution < 1.29 is 43.5 Å². The average molecular weight is 579 g/mol. The molecule has 0 fully saturated rings. The van der Waals surface area contributed by atoms with Gasteiger partial charge in [0.15, 0.2) is 0 Å². The Hall–Kier alpha value is -4.60. The third-order valence-electron chi connectivity index (χ3n) is 6.08. The number of hydrogen-bond donors (Lipinski definition) is 6. The molecule has 3 atom stereocenters. The number of benzene rings is 1. The van der Waals surface area contributed by atoms with Gasteiger partial charge in [-0.05, 0) is 45.2 Å². The molecule has 0 unspecified atom stereocenters. The van der Waals surface area contributed by atoms with Gasteiger partial charge in [-0.25, -0.2) is 0 Å². The fourth-order valence-corrected chi connectivity index (χ4v) is 3.90. The smallest absolute Gasteiger partial charge is 0.303 e. The maximum Gasteiger partial charge on any atom is 0.303 e. The average Bonchev–Trinajstić information content (AvgIpc) is 2.91. The summed E-state index contributed by atoms with van der Waals surface area (Å²) in [5, 5.41) is 30.4. The fourth-order valence-electron chi connectivity index (χ4n) is 3.90. The molecule has 2 rings (SSSR count). The number of fused-ring (bicyclic) bond motifs is 1. The van der Waals surface area contributed by atoms with Crippen molar-refractivity contribution in [2.45, 2.75) is 63.6 Å². The molecule has 0 saturated carbocycles. The molecule has 1 aromatic carbocycles. The van der Waals surface area contributed by atoms with Crippen LogP contribution in [0.25, 0.3) is 0 Å². The van der Waals surface area contributed by atoms with Gasteiger partial charge in [0.05, 0.1) is 23.6 Å². The summed E-state index contributed by atoms with van der Waals surface area (Å²) in [6.45, 7) is 1.06. The number of carbonyl (C=O) groups excluding carboxylic acids is 5. The van der Waals surface area contributed by atoms with Gasteiger partial charge in [0.25, 0.3) is 11.6 Å². The molecule has 0 spiro atoms. The van der Waals surface area contributed by atoms with Crippen LogP contribution in [-0.4, -0.2) is 83.2 Å². The van der Waals surface area contributed by atoms with E-state index >= 15 is 0 Å². The number of unbranched alkanes of at least 4 members (excludes halogenated alkanes) is 1. The molecule has 0 aromatic heterocycles. The summed E-state index contributed by atoms with van der Waals surface area (Å²) in [5.74, 6) is -4.95. The second-order valence-electron chi connectivity index (χ2n) is 9.36. The zero-order valence-electron chi connectivity index (χ0n) is 22.5. The number of nitrogens with one attached hydrogen (secondary N) is 4. The Kier molecular flexibility index (Phi) is 12.6. The minimum Gasteiger partial charge on any atom is -0.493 e. The summed E-state index contributed by atoms with van der Waals surface area (Å²) in [4.78, 5) is 85.7. The Morgan fingerprint density at radius 1 is 1.10 bits per heavy atom. The first-order chi connectivity index (χ1) is 19.4. The molecule has 41 heavy (non-hydrogen) atoms. The Morgan fingerprint density at radius 2 is 1.78 bits per heavy atom. The number of ether oxygens (including phenoxy) is 1. The number of carbonyl (C=O) groups is 6. The normalized spacial score (nSPS) is 19.8. The topological polar surface area (TPSA) is 249 Å². The van der Waals surface area contributed by atoms with E-state index in [1.807, 2.05) is 0 Å². The number of amides is 4. The van der Waals surface area contributed by atoms with Gasteiger partial charge in [0.2, 0.25) is 17.7 Å². The molecule has 16 heteroatoms. The fraction of sp³-hybridized carbons (Fsp3) is 0.520. The van der Waals surface area contributed by atoms with Crippen LogP contribution in [0.4, 0.5) is 5.69 Å². The van der Waals surface area contributed by atoms with Crippen LogP contribution in [-0.2, 0) is 24.0 Å². The van der Waals surface area contributed by atoms with E-state index in [4.69, 9.17) is 15.6 Å². The minimum absolute atomic E-state index is 0.113. The van der Waals surface area contributed by atoms with Crippen LogP contribution in [0, 0.1) is 10.1 Å². The molecule has 0 radical (unpaired) electrons. The quantitative estimate of drug-likeness (QED) is 0.107. The zero-order valence-corrected chi connectivity index (χ0v) is 22.5. The second kappa shape index (κ2) is 15.9. The van der Waals surface area contributed by atoms with Crippen molar-refractivity contribution in [3.63, 3.8) is 0 Å². The first-order valence-electron chi connectivity index (χ1n) is 12.9. The van der Waals surface area contributed by atoms with Crippen molar-refractivity contribution in [1.82, 2.24) is 21.3 Å². The number of nitro groups is 1. The van der Waals surface area contributed by atoms with Crippen LogP contribution < -0.4 is 31.7 Å². The van der Waals surface area contributed by atoms with E-state index in [1.54, 1.807) is 0 Å². The van der Waals surface area contributed by atoms with Crippen molar-refractivity contribution in [2.24, 2.45) is 5.73 Å². The number of hydrogen-bond acceptors (Lipinski definition) is 10. The summed E-state index contributed by atoms with van der Waals surface area (Å²) >= 11 is 0. The number of nitro benzene ring substituents is 1. The number of Topliss-reactive ketones (excluding diaryl/α,β-unsaturated/α-hetero) is 1. The number of non-ortho nitro benzene ring substituents is 1. The first-order valence-corrected chi connectivity index (χ1v) is 12.9. The third-order valence-corrected chi connectivity index (χ3v) is 6.08. The number of rotatable bonds is 11. The van der Waals surface area contributed by atoms with E-state index in [9.17, 15) is 38.9 Å². The molecule has 1 aliphatic rings. The van der Waals surface area contributed by atoms with Crippen molar-refractivity contribution >= 4 is 41.1 Å². The standard InChI is InChI=1S/C25H34N6O10/c1-14(32)13-27-23(36)19-9-11-41-20-7-5-15(31(39)40)12-16(20)22(35)28-18(6-8-21(33)34)25(38)29-17(24(37)30-19)4-2-3-10-26/h5,7,12,17-19H,2-4,6,8-11,13,26H2,1H3,(H,27,36)(H,28,35)(H,29,38)(H,30,37)(H,33,34)/t17-,18-,19-/m0/s1. The van der Waals surface area contributed by atoms with Crippen LogP contribution >= 0.6 is 0 Å². The molecule has 0 saturated heterocycles. The Labute approximate surface area is 234 Å². The van der Waals surface area contributed by atoms with Gasteiger partial charge in [-0.1, -0.05) is 0 Å². The number of carboxylic acids is 1. The number of nitrogens with two attached hydrogens (primary N) is 1. The summed E-state index contributed by atoms with van der Waals surface area (Å²) in [5.41, 5.74) is 4.80. The van der Waals surface area contributed by atoms with E-state index < -0.39 is 64.8 Å². The van der Waals surface area contributed by atoms with Gasteiger partial charge in [-0.15, -0.1) is 0 Å². The number of ketones is 1. The zero-order chi connectivity index (χ0) is 30.5. The van der Waals surface area contributed by atoms with Crippen LogP contribution in [0.5, 0.6) is 5.75 Å². The second-order valence-corrected chi connectivity index (χ2v) is 9.36. The van der Waals surface area contributed by atoms with Gasteiger partial charge in [0, 0.05) is 25.0 Å². The first kappa shape index (κ1) is 32.6. The molecule has 1 aliphatic heterocycles. The predicted molar refractivity (Wildman–Crippen MR) is 142 cm³/mol. The molecule has 1 aromatic rings. The maximum atomic E-state index is 13.2. The van der Waals surface area contributed by atoms with E-state index in [-0.39, 0.29) is 49.5 Å². The molecule has 1 heterocycles. The molecule has 0 aliphatic carbocycles. The molecule has 7 N–H and O–H groups in total. The van der Waals surface area contributed by atoms with Gasteiger partial charge in [-0.3, -0.25) is 38.9 Å². The third kappa shape index (κ3) is 10.5. The molecule has 224 valence electrons. The molecular weight excluding hydrogens is 544 g/mol. The van der Waals surface area contributed by atoms with Crippen molar-refractivity contribution in [2.75, 3.05) is 19.7 Å². The van der Waals surface area contributed by atoms with E-state index in [1.165, 1.54) is 13.0 Å². The Balaban J connectivity index is 2.51. The summed E-state index contributed by atoms with van der Waals surface area (Å²) in [7, 11) is 0. The van der Waals surface area contributed by atoms with Crippen LogP contribution in [0.2, 0.25) is 0 Å². The van der Waals surface area contributed by atoms with Gasteiger partial charge >= 0.3 is 5.97 Å². The van der Waals surface area contributed by atoms with E-state index in [0.717, 1.165) is 12.1 Å². The minimum atomic E-state index is -1.44. The van der Waals surface area contributed by atoms with Gasteiger partial charge < -0.3 is 36.8 Å². The summed E-state index contributed by atoms with van der Waals surface area (Å²) < 4.78 is 5.66. The number of nitrogens with zero attached hydrogens (tertiary/aromatic N) is 1. The van der Waals surface area contributed by atoms with E-state index in [2.05, 4.69) is 21.3 Å². The number of carboxylic acid groups (broad SMARTS) is 1. The van der Waals surface area contributed by atoms with Crippen molar-refractivity contribution in [1.29, 1.82) is 0 Å².